The van der Waals surface area contributed by atoms with Crippen molar-refractivity contribution in [3.63, 3.8) is 0 Å². The van der Waals surface area contributed by atoms with E-state index in [9.17, 15) is 39.6 Å². The number of pyridine rings is 1. The van der Waals surface area contributed by atoms with Gasteiger partial charge in [0.2, 0.25) is 15.9 Å². The summed E-state index contributed by atoms with van der Waals surface area (Å²) in [5, 5.41) is 2.34. The Kier molecular flexibility index (Phi) is 7.72. The minimum atomic E-state index is -4.75. The Morgan fingerprint density at radius 1 is 1.03 bits per heavy atom. The maximum Gasteiger partial charge on any atom is 0.433 e. The number of rotatable bonds is 7. The zero-order valence-electron chi connectivity index (χ0n) is 18.3. The summed E-state index contributed by atoms with van der Waals surface area (Å²) in [6.45, 7) is -0.349. The summed E-state index contributed by atoms with van der Waals surface area (Å²) in [6.07, 6.45) is -1.92. The van der Waals surface area contributed by atoms with Crippen molar-refractivity contribution in [2.75, 3.05) is 11.0 Å². The molecular weight excluding hydrogens is 512 g/mol. The van der Waals surface area contributed by atoms with Gasteiger partial charge in [0.05, 0.1) is 11.9 Å². The molecule has 0 aliphatic heterocycles. The van der Waals surface area contributed by atoms with E-state index in [0.29, 0.717) is 6.07 Å². The van der Waals surface area contributed by atoms with Gasteiger partial charge in [-0.05, 0) is 42.0 Å². The van der Waals surface area contributed by atoms with Gasteiger partial charge in [-0.3, -0.25) is 9.52 Å². The molecule has 3 aromatic rings. The van der Waals surface area contributed by atoms with Crippen LogP contribution >= 0.6 is 0 Å². The number of anilines is 1. The van der Waals surface area contributed by atoms with Gasteiger partial charge in [0, 0.05) is 23.7 Å². The molecule has 0 spiro atoms. The maximum atomic E-state index is 14.1. The smallest absolute Gasteiger partial charge is 0.348 e. The molecule has 0 aliphatic carbocycles. The van der Waals surface area contributed by atoms with E-state index < -0.39 is 50.9 Å². The number of carbonyl (C=O) groups is 1. The summed E-state index contributed by atoms with van der Waals surface area (Å²) in [4.78, 5) is 15.8. The lowest BCUT2D eigenvalue weighted by Crippen LogP contribution is -2.21. The van der Waals surface area contributed by atoms with Crippen LogP contribution in [-0.4, -0.2) is 25.6 Å². The quantitative estimate of drug-likeness (QED) is 0.337. The molecule has 0 radical (unpaired) electrons. The molecule has 0 unspecified atom stereocenters. The lowest BCUT2D eigenvalue weighted by atomic mass is 10.0. The zero-order chi connectivity index (χ0) is 26.7. The number of hydrogen-bond acceptors (Lipinski definition) is 4. The summed E-state index contributed by atoms with van der Waals surface area (Å²) in [7, 11) is -3.93. The fraction of sp³-hybridized carbons (Fsp3) is 0.130. The second-order valence-electron chi connectivity index (χ2n) is 7.50. The second kappa shape index (κ2) is 10.4. The van der Waals surface area contributed by atoms with E-state index in [1.54, 1.807) is 4.72 Å². The lowest BCUT2D eigenvalue weighted by Gasteiger charge is -2.11. The molecule has 36 heavy (non-hydrogen) atoms. The minimum absolute atomic E-state index is 0.0255. The molecule has 2 aromatic carbocycles. The molecule has 0 saturated heterocycles. The van der Waals surface area contributed by atoms with Gasteiger partial charge in [-0.1, -0.05) is 18.2 Å². The first-order valence-electron chi connectivity index (χ1n) is 9.99. The van der Waals surface area contributed by atoms with Crippen LogP contribution in [0.15, 0.2) is 54.6 Å². The van der Waals surface area contributed by atoms with E-state index in [1.807, 2.05) is 0 Å². The van der Waals surface area contributed by atoms with E-state index in [0.717, 1.165) is 48.7 Å². The average Bonchev–Trinajstić information content (AvgIpc) is 2.77. The molecule has 1 aromatic heterocycles. The molecule has 1 heterocycles. The molecular formula is C23H17F6N3O3S. The number of nitrogens with one attached hydrogen (secondary N) is 2. The van der Waals surface area contributed by atoms with Crippen LogP contribution in [0.2, 0.25) is 0 Å². The first-order valence-corrected chi connectivity index (χ1v) is 11.9. The van der Waals surface area contributed by atoms with Crippen LogP contribution in [0.4, 0.5) is 32.0 Å². The predicted octanol–water partition coefficient (Wildman–Crippen LogP) is 4.89. The van der Waals surface area contributed by atoms with Gasteiger partial charge in [0.1, 0.15) is 17.2 Å². The fourth-order valence-corrected chi connectivity index (χ4v) is 3.62. The summed E-state index contributed by atoms with van der Waals surface area (Å²) in [6, 6.07) is 8.16. The normalized spacial score (nSPS) is 12.1. The second-order valence-corrected chi connectivity index (χ2v) is 9.25. The van der Waals surface area contributed by atoms with E-state index in [1.165, 1.54) is 12.1 Å². The fourth-order valence-electron chi connectivity index (χ4n) is 3.05. The SMILES string of the molecule is CS(=O)(=O)Nc1c(F)cc(CNC(=O)/C=C\c2ccc(C(F)(F)F)nc2-c2cccc(F)c2)cc1F. The molecule has 0 fully saturated rings. The van der Waals surface area contributed by atoms with Gasteiger partial charge >= 0.3 is 6.18 Å². The largest absolute Gasteiger partial charge is 0.433 e. The van der Waals surface area contributed by atoms with Crippen molar-refractivity contribution in [2.45, 2.75) is 12.7 Å². The van der Waals surface area contributed by atoms with Gasteiger partial charge in [0.25, 0.3) is 0 Å². The number of carbonyl (C=O) groups excluding carboxylic acids is 1. The predicted molar refractivity (Wildman–Crippen MR) is 120 cm³/mol. The van der Waals surface area contributed by atoms with Crippen molar-refractivity contribution in [1.29, 1.82) is 0 Å². The summed E-state index contributed by atoms with van der Waals surface area (Å²) in [5.74, 6) is -3.86. The third-order valence-corrected chi connectivity index (χ3v) is 5.16. The van der Waals surface area contributed by atoms with Crippen molar-refractivity contribution in [2.24, 2.45) is 0 Å². The van der Waals surface area contributed by atoms with Crippen LogP contribution in [0.1, 0.15) is 16.8 Å². The standard InChI is InChI=1S/C23H17F6N3O3S/c1-36(34,35)32-22-17(25)9-13(10-18(22)26)12-30-20(33)8-6-14-5-7-19(23(27,28)29)31-21(14)15-3-2-4-16(24)11-15/h2-11,32H,12H2,1H3,(H,30,33)/b8-6-. The number of aromatic nitrogens is 1. The van der Waals surface area contributed by atoms with Crippen LogP contribution in [-0.2, 0) is 27.5 Å². The molecule has 0 atom stereocenters. The number of halogens is 6. The van der Waals surface area contributed by atoms with Gasteiger partial charge in [-0.25, -0.2) is 26.6 Å². The molecule has 2 N–H and O–H groups in total. The Labute approximate surface area is 201 Å². The third-order valence-electron chi connectivity index (χ3n) is 4.59. The van der Waals surface area contributed by atoms with Crippen molar-refractivity contribution in [1.82, 2.24) is 10.3 Å². The third kappa shape index (κ3) is 7.07. The molecule has 0 aliphatic rings. The highest BCUT2D eigenvalue weighted by atomic mass is 32.2. The van der Waals surface area contributed by atoms with Crippen LogP contribution in [0, 0.1) is 17.5 Å². The first-order chi connectivity index (χ1) is 16.7. The Morgan fingerprint density at radius 3 is 2.28 bits per heavy atom. The van der Waals surface area contributed by atoms with Crippen molar-refractivity contribution >= 4 is 27.7 Å². The number of sulfonamides is 1. The maximum absolute atomic E-state index is 14.1. The van der Waals surface area contributed by atoms with E-state index in [4.69, 9.17) is 0 Å². The van der Waals surface area contributed by atoms with Crippen molar-refractivity contribution in [3.05, 3.63) is 88.9 Å². The van der Waals surface area contributed by atoms with Gasteiger partial charge < -0.3 is 5.32 Å². The van der Waals surface area contributed by atoms with Crippen LogP contribution in [0.3, 0.4) is 0 Å². The topological polar surface area (TPSA) is 88.2 Å². The van der Waals surface area contributed by atoms with Crippen molar-refractivity contribution in [3.8, 4) is 11.3 Å². The average molecular weight is 529 g/mol. The summed E-state index contributed by atoms with van der Waals surface area (Å²) >= 11 is 0. The van der Waals surface area contributed by atoms with Gasteiger partial charge in [0.15, 0.2) is 11.6 Å². The molecule has 0 bridgehead atoms. The van der Waals surface area contributed by atoms with Crippen LogP contribution < -0.4 is 10.0 Å². The number of amides is 1. The Balaban J connectivity index is 1.80. The Hall–Kier alpha value is -3.87. The molecule has 190 valence electrons. The van der Waals surface area contributed by atoms with Crippen molar-refractivity contribution < 1.29 is 39.6 Å². The van der Waals surface area contributed by atoms with E-state index in [2.05, 4.69) is 10.3 Å². The lowest BCUT2D eigenvalue weighted by molar-refractivity contribution is -0.141. The summed E-state index contributed by atoms with van der Waals surface area (Å²) < 4.78 is 105. The number of alkyl halides is 3. The molecule has 13 heteroatoms. The van der Waals surface area contributed by atoms with Crippen LogP contribution in [0.5, 0.6) is 0 Å². The Morgan fingerprint density at radius 2 is 1.69 bits per heavy atom. The van der Waals surface area contributed by atoms with Gasteiger partial charge in [-0.15, -0.1) is 0 Å². The van der Waals surface area contributed by atoms with Gasteiger partial charge in [-0.2, -0.15) is 13.2 Å². The summed E-state index contributed by atoms with van der Waals surface area (Å²) in [5.41, 5.74) is -2.19. The Bertz CT molecular complexity index is 1420. The number of nitrogens with zero attached hydrogens (tertiary/aromatic N) is 1. The molecule has 0 saturated carbocycles. The monoisotopic (exact) mass is 529 g/mol. The number of benzene rings is 2. The first kappa shape index (κ1) is 26.7. The van der Waals surface area contributed by atoms with E-state index >= 15 is 0 Å². The number of hydrogen-bond donors (Lipinski definition) is 2. The molecule has 3 rings (SSSR count). The zero-order valence-corrected chi connectivity index (χ0v) is 19.1. The van der Waals surface area contributed by atoms with Crippen LogP contribution in [0.25, 0.3) is 17.3 Å². The minimum Gasteiger partial charge on any atom is -0.348 e. The molecule has 1 amide bonds. The highest BCUT2D eigenvalue weighted by Gasteiger charge is 2.33. The highest BCUT2D eigenvalue weighted by Crippen LogP contribution is 2.32. The highest BCUT2D eigenvalue weighted by molar-refractivity contribution is 7.92. The molecule has 6 nitrogen and oxygen atoms in total. The van der Waals surface area contributed by atoms with E-state index in [-0.39, 0.29) is 28.9 Å².